The molecular weight excluding hydrogens is 284 g/mol. The number of nitrogens with zero attached hydrogens (tertiary/aromatic N) is 1. The highest BCUT2D eigenvalue weighted by Gasteiger charge is 2.15. The average molecular weight is 308 g/mol. The second-order valence-corrected chi connectivity index (χ2v) is 4.83. The van der Waals surface area contributed by atoms with Gasteiger partial charge in [-0.2, -0.15) is 0 Å². The van der Waals surface area contributed by atoms with Gasteiger partial charge in [0.15, 0.2) is 0 Å². The molecule has 0 heterocycles. The molecule has 0 aromatic rings. The molecule has 0 fully saturated rings. The first-order valence-corrected chi connectivity index (χ1v) is 7.53. The largest absolute Gasteiger partial charge is 0.338 e. The van der Waals surface area contributed by atoms with Gasteiger partial charge in [-0.25, -0.2) is 9.59 Å². The van der Waals surface area contributed by atoms with Crippen LogP contribution in [0, 0.1) is 0 Å². The van der Waals surface area contributed by atoms with E-state index >= 15 is 0 Å². The smallest absolute Gasteiger partial charge is 0.321 e. The third kappa shape index (κ3) is 5.99. The van der Waals surface area contributed by atoms with Crippen LogP contribution in [0.2, 0.25) is 0 Å². The van der Waals surface area contributed by atoms with Crippen LogP contribution in [0.4, 0.5) is 9.59 Å². The Labute approximate surface area is 130 Å². The molecule has 0 aromatic heterocycles. The van der Waals surface area contributed by atoms with Gasteiger partial charge in [-0.15, -0.1) is 0 Å². The standard InChI is InChI=1S/C15H24N4O3/c1-3-16-14(21)17-12-6-8-13(9-7-12)18-15(22)19(4-2)10-5-11-20/h6,8-9,11-12H,3-5,7,10H2,1-2H3,(H,18,22)(H2,16,17,21). The van der Waals surface area contributed by atoms with Gasteiger partial charge in [-0.05, 0) is 26.3 Å². The van der Waals surface area contributed by atoms with Crippen molar-refractivity contribution in [3.8, 4) is 0 Å². The quantitative estimate of drug-likeness (QED) is 0.616. The first-order chi connectivity index (χ1) is 10.6. The van der Waals surface area contributed by atoms with Crippen molar-refractivity contribution in [2.24, 2.45) is 0 Å². The number of aldehydes is 1. The molecule has 1 atom stereocenters. The lowest BCUT2D eigenvalue weighted by atomic mass is 10.1. The monoisotopic (exact) mass is 308 g/mol. The Morgan fingerprint density at radius 1 is 1.41 bits per heavy atom. The van der Waals surface area contributed by atoms with E-state index in [-0.39, 0.29) is 18.1 Å². The maximum absolute atomic E-state index is 12.0. The Balaban J connectivity index is 2.44. The summed E-state index contributed by atoms with van der Waals surface area (Å²) in [4.78, 5) is 35.4. The van der Waals surface area contributed by atoms with E-state index in [0.717, 1.165) is 6.29 Å². The maximum Gasteiger partial charge on any atom is 0.321 e. The highest BCUT2D eigenvalue weighted by molar-refractivity contribution is 5.77. The Kier molecular flexibility index (Phi) is 7.74. The minimum absolute atomic E-state index is 0.0791. The molecule has 4 amide bonds. The second kappa shape index (κ2) is 9.59. The Hall–Kier alpha value is -2.31. The summed E-state index contributed by atoms with van der Waals surface area (Å²) >= 11 is 0. The zero-order chi connectivity index (χ0) is 16.4. The van der Waals surface area contributed by atoms with Gasteiger partial charge in [-0.3, -0.25) is 0 Å². The lowest BCUT2D eigenvalue weighted by Gasteiger charge is -2.22. The fourth-order valence-corrected chi connectivity index (χ4v) is 2.01. The first kappa shape index (κ1) is 17.7. The van der Waals surface area contributed by atoms with Gasteiger partial charge in [0.2, 0.25) is 0 Å². The number of allylic oxidation sites excluding steroid dienone is 1. The summed E-state index contributed by atoms with van der Waals surface area (Å²) in [5.41, 5.74) is 0.698. The van der Waals surface area contributed by atoms with Gasteiger partial charge in [0.05, 0.1) is 6.04 Å². The van der Waals surface area contributed by atoms with E-state index in [9.17, 15) is 14.4 Å². The molecule has 0 bridgehead atoms. The summed E-state index contributed by atoms with van der Waals surface area (Å²) in [6, 6.07) is -0.510. The summed E-state index contributed by atoms with van der Waals surface area (Å²) in [6.07, 6.45) is 7.21. The molecule has 22 heavy (non-hydrogen) atoms. The number of hydrogen-bond donors (Lipinski definition) is 3. The molecule has 0 aliphatic heterocycles. The summed E-state index contributed by atoms with van der Waals surface area (Å²) in [7, 11) is 0. The SMILES string of the molecule is CCNC(=O)NC1C=CC(NC(=O)N(CC)CCC=O)=CC1. The van der Waals surface area contributed by atoms with E-state index < -0.39 is 0 Å². The van der Waals surface area contributed by atoms with Crippen molar-refractivity contribution < 1.29 is 14.4 Å². The predicted octanol–water partition coefficient (Wildman–Crippen LogP) is 1.14. The molecule has 0 spiro atoms. The molecule has 1 rings (SSSR count). The molecule has 1 aliphatic carbocycles. The van der Waals surface area contributed by atoms with E-state index in [2.05, 4.69) is 16.0 Å². The summed E-state index contributed by atoms with van der Waals surface area (Å²) in [5.74, 6) is 0. The van der Waals surface area contributed by atoms with Crippen molar-refractivity contribution >= 4 is 18.3 Å². The van der Waals surface area contributed by atoms with Gasteiger partial charge in [0.1, 0.15) is 6.29 Å². The number of nitrogens with one attached hydrogen (secondary N) is 3. The number of urea groups is 2. The third-order valence-corrected chi connectivity index (χ3v) is 3.19. The van der Waals surface area contributed by atoms with Crippen molar-refractivity contribution in [3.05, 3.63) is 23.9 Å². The fourth-order valence-electron chi connectivity index (χ4n) is 2.01. The normalized spacial score (nSPS) is 16.5. The highest BCUT2D eigenvalue weighted by atomic mass is 16.2. The highest BCUT2D eigenvalue weighted by Crippen LogP contribution is 2.09. The third-order valence-electron chi connectivity index (χ3n) is 3.19. The molecule has 1 unspecified atom stereocenters. The number of carbonyl (C=O) groups is 3. The van der Waals surface area contributed by atoms with Crippen LogP contribution < -0.4 is 16.0 Å². The van der Waals surface area contributed by atoms with Crippen LogP contribution in [0.3, 0.4) is 0 Å². The van der Waals surface area contributed by atoms with Gasteiger partial charge >= 0.3 is 12.1 Å². The number of hydrogen-bond acceptors (Lipinski definition) is 3. The van der Waals surface area contributed by atoms with E-state index in [1.807, 2.05) is 26.0 Å². The molecule has 0 saturated carbocycles. The van der Waals surface area contributed by atoms with Crippen LogP contribution in [0.15, 0.2) is 23.9 Å². The summed E-state index contributed by atoms with van der Waals surface area (Å²) in [6.45, 7) is 5.24. The van der Waals surface area contributed by atoms with E-state index in [1.54, 1.807) is 11.0 Å². The molecule has 0 aromatic carbocycles. The lowest BCUT2D eigenvalue weighted by Crippen LogP contribution is -2.42. The van der Waals surface area contributed by atoms with Crippen molar-refractivity contribution in [3.63, 3.8) is 0 Å². The molecule has 3 N–H and O–H groups in total. The van der Waals surface area contributed by atoms with Crippen LogP contribution in [0.25, 0.3) is 0 Å². The number of carbonyl (C=O) groups excluding carboxylic acids is 3. The number of rotatable bonds is 7. The Morgan fingerprint density at radius 3 is 2.73 bits per heavy atom. The Bertz CT molecular complexity index is 460. The fraction of sp³-hybridized carbons (Fsp3) is 0.533. The minimum atomic E-state index is -0.226. The van der Waals surface area contributed by atoms with Gasteiger partial charge in [-0.1, -0.05) is 12.2 Å². The molecule has 122 valence electrons. The molecule has 7 nitrogen and oxygen atoms in total. The predicted molar refractivity (Wildman–Crippen MR) is 84.3 cm³/mol. The van der Waals surface area contributed by atoms with Crippen LogP contribution >= 0.6 is 0 Å². The van der Waals surface area contributed by atoms with Crippen LogP contribution in [-0.4, -0.2) is 48.9 Å². The molecular formula is C15H24N4O3. The van der Waals surface area contributed by atoms with Gasteiger partial charge in [0, 0.05) is 31.8 Å². The van der Waals surface area contributed by atoms with E-state index in [4.69, 9.17) is 0 Å². The molecule has 0 saturated heterocycles. The van der Waals surface area contributed by atoms with Crippen molar-refractivity contribution in [1.82, 2.24) is 20.9 Å². The average Bonchev–Trinajstić information content (AvgIpc) is 2.50. The van der Waals surface area contributed by atoms with Crippen LogP contribution in [0.5, 0.6) is 0 Å². The van der Waals surface area contributed by atoms with E-state index in [0.29, 0.717) is 38.2 Å². The van der Waals surface area contributed by atoms with Crippen molar-refractivity contribution in [1.29, 1.82) is 0 Å². The van der Waals surface area contributed by atoms with Gasteiger partial charge in [0.25, 0.3) is 0 Å². The van der Waals surface area contributed by atoms with Crippen LogP contribution in [-0.2, 0) is 4.79 Å². The van der Waals surface area contributed by atoms with Gasteiger partial charge < -0.3 is 25.6 Å². The molecule has 0 radical (unpaired) electrons. The van der Waals surface area contributed by atoms with E-state index in [1.165, 1.54) is 0 Å². The molecule has 1 aliphatic rings. The Morgan fingerprint density at radius 2 is 2.18 bits per heavy atom. The zero-order valence-electron chi connectivity index (χ0n) is 13.1. The zero-order valence-corrected chi connectivity index (χ0v) is 13.1. The summed E-state index contributed by atoms with van der Waals surface area (Å²) in [5, 5.41) is 8.28. The maximum atomic E-state index is 12.0. The number of amides is 4. The minimum Gasteiger partial charge on any atom is -0.338 e. The molecule has 7 heteroatoms. The van der Waals surface area contributed by atoms with Crippen molar-refractivity contribution in [2.45, 2.75) is 32.7 Å². The van der Waals surface area contributed by atoms with Crippen molar-refractivity contribution in [2.75, 3.05) is 19.6 Å². The summed E-state index contributed by atoms with van der Waals surface area (Å²) < 4.78 is 0. The first-order valence-electron chi connectivity index (χ1n) is 7.53. The second-order valence-electron chi connectivity index (χ2n) is 4.83. The topological polar surface area (TPSA) is 90.5 Å². The lowest BCUT2D eigenvalue weighted by molar-refractivity contribution is -0.108. The van der Waals surface area contributed by atoms with Crippen LogP contribution in [0.1, 0.15) is 26.7 Å².